The van der Waals surface area contributed by atoms with Gasteiger partial charge in [-0.2, -0.15) is 5.10 Å². The summed E-state index contributed by atoms with van der Waals surface area (Å²) in [6.07, 6.45) is 0.900. The van der Waals surface area contributed by atoms with Crippen molar-refractivity contribution in [2.45, 2.75) is 53.2 Å². The van der Waals surface area contributed by atoms with Crippen molar-refractivity contribution in [1.29, 1.82) is 0 Å². The Balaban J connectivity index is 1.62. The van der Waals surface area contributed by atoms with E-state index in [4.69, 9.17) is 0 Å². The third-order valence-electron chi connectivity index (χ3n) is 5.54. The number of nitrogens with zero attached hydrogens (tertiary/aromatic N) is 3. The van der Waals surface area contributed by atoms with Crippen molar-refractivity contribution >= 4 is 11.9 Å². The molecule has 0 fully saturated rings. The summed E-state index contributed by atoms with van der Waals surface area (Å²) in [5.74, 6) is 0.641. The van der Waals surface area contributed by atoms with E-state index in [0.717, 1.165) is 34.6 Å². The lowest BCUT2D eigenvalue weighted by Crippen LogP contribution is -2.36. The molecule has 0 aliphatic heterocycles. The van der Waals surface area contributed by atoms with Crippen molar-refractivity contribution in [2.24, 2.45) is 4.99 Å². The molecule has 0 bridgehead atoms. The van der Waals surface area contributed by atoms with Crippen LogP contribution in [0.1, 0.15) is 53.1 Å². The zero-order valence-corrected chi connectivity index (χ0v) is 20.1. The number of nitrogens with one attached hydrogen (secondary N) is 3. The second-order valence-corrected chi connectivity index (χ2v) is 8.23. The Morgan fingerprint density at radius 3 is 2.52 bits per heavy atom. The Bertz CT molecular complexity index is 1120. The van der Waals surface area contributed by atoms with Gasteiger partial charge < -0.3 is 16.0 Å². The van der Waals surface area contributed by atoms with Gasteiger partial charge in [0, 0.05) is 37.4 Å². The van der Waals surface area contributed by atoms with E-state index < -0.39 is 0 Å². The lowest BCUT2D eigenvalue weighted by atomic mass is 10.1. The molecule has 3 N–H and O–H groups in total. The van der Waals surface area contributed by atoms with Gasteiger partial charge in [0.2, 0.25) is 0 Å². The van der Waals surface area contributed by atoms with Gasteiger partial charge in [-0.3, -0.25) is 9.79 Å². The summed E-state index contributed by atoms with van der Waals surface area (Å²) >= 11 is 0. The highest BCUT2D eigenvalue weighted by atomic mass is 16.1. The number of aromatic nitrogens is 2. The number of benzene rings is 2. The van der Waals surface area contributed by atoms with E-state index in [1.807, 2.05) is 54.9 Å². The van der Waals surface area contributed by atoms with Crippen LogP contribution in [0.4, 0.5) is 0 Å². The summed E-state index contributed by atoms with van der Waals surface area (Å²) in [4.78, 5) is 16.8. The van der Waals surface area contributed by atoms with Crippen LogP contribution in [0.5, 0.6) is 0 Å². The highest BCUT2D eigenvalue weighted by Crippen LogP contribution is 2.17. The van der Waals surface area contributed by atoms with Crippen LogP contribution >= 0.6 is 0 Å². The standard InChI is InChI=1S/C26H34N6O/c1-6-18(2)30-25(33)22-12-9-10-21(15-22)16-28-26(27-5)29-17-23-11-7-8-13-24(23)32-20(4)14-19(3)31-32/h7-15,18H,6,16-17H2,1-5H3,(H,30,33)(H2,27,28,29). The molecule has 7 heteroatoms. The maximum absolute atomic E-state index is 12.4. The number of hydrogen-bond donors (Lipinski definition) is 3. The molecular weight excluding hydrogens is 412 g/mol. The molecule has 1 amide bonds. The molecule has 0 aliphatic rings. The number of rotatable bonds is 8. The maximum atomic E-state index is 12.4. The molecule has 0 saturated carbocycles. The van der Waals surface area contributed by atoms with E-state index >= 15 is 0 Å². The summed E-state index contributed by atoms with van der Waals surface area (Å²) < 4.78 is 1.97. The number of para-hydroxylation sites is 1. The van der Waals surface area contributed by atoms with Crippen molar-refractivity contribution in [3.05, 3.63) is 82.7 Å². The molecule has 174 valence electrons. The predicted octanol–water partition coefficient (Wildman–Crippen LogP) is 3.88. The van der Waals surface area contributed by atoms with Gasteiger partial charge in [0.1, 0.15) is 0 Å². The number of carbonyl (C=O) groups excluding carboxylic acids is 1. The molecule has 1 heterocycles. The Morgan fingerprint density at radius 1 is 1.06 bits per heavy atom. The van der Waals surface area contributed by atoms with Crippen molar-refractivity contribution in [3.8, 4) is 5.69 Å². The van der Waals surface area contributed by atoms with Crippen LogP contribution in [0.3, 0.4) is 0 Å². The molecule has 0 spiro atoms. The third kappa shape index (κ3) is 6.44. The molecule has 33 heavy (non-hydrogen) atoms. The smallest absolute Gasteiger partial charge is 0.251 e. The largest absolute Gasteiger partial charge is 0.352 e. The van der Waals surface area contributed by atoms with Crippen LogP contribution in [0.15, 0.2) is 59.6 Å². The average Bonchev–Trinajstić information content (AvgIpc) is 3.17. The first-order valence-corrected chi connectivity index (χ1v) is 11.4. The predicted molar refractivity (Wildman–Crippen MR) is 134 cm³/mol. The van der Waals surface area contributed by atoms with E-state index in [9.17, 15) is 4.79 Å². The fraction of sp³-hybridized carbons (Fsp3) is 0.346. The van der Waals surface area contributed by atoms with Gasteiger partial charge in [-0.25, -0.2) is 4.68 Å². The SMILES string of the molecule is CCC(C)NC(=O)c1cccc(CNC(=NC)NCc2ccccc2-n2nc(C)cc2C)c1. The van der Waals surface area contributed by atoms with Crippen LogP contribution in [-0.4, -0.2) is 34.7 Å². The van der Waals surface area contributed by atoms with E-state index in [1.54, 1.807) is 7.05 Å². The van der Waals surface area contributed by atoms with E-state index in [1.165, 1.54) is 0 Å². The fourth-order valence-electron chi connectivity index (χ4n) is 3.56. The Morgan fingerprint density at radius 2 is 1.82 bits per heavy atom. The van der Waals surface area contributed by atoms with Crippen LogP contribution in [-0.2, 0) is 13.1 Å². The topological polar surface area (TPSA) is 83.3 Å². The summed E-state index contributed by atoms with van der Waals surface area (Å²) in [5, 5.41) is 14.3. The fourth-order valence-corrected chi connectivity index (χ4v) is 3.56. The molecule has 1 atom stereocenters. The minimum Gasteiger partial charge on any atom is -0.352 e. The van der Waals surface area contributed by atoms with E-state index in [0.29, 0.717) is 24.6 Å². The molecule has 1 aromatic heterocycles. The lowest BCUT2D eigenvalue weighted by Gasteiger charge is -2.15. The van der Waals surface area contributed by atoms with Crippen LogP contribution in [0.2, 0.25) is 0 Å². The van der Waals surface area contributed by atoms with Crippen LogP contribution in [0, 0.1) is 13.8 Å². The molecular formula is C26H34N6O. The van der Waals surface area contributed by atoms with Gasteiger partial charge in [-0.05, 0) is 62.6 Å². The Kier molecular flexibility index (Phi) is 8.24. The number of amides is 1. The Hall–Kier alpha value is -3.61. The zero-order valence-electron chi connectivity index (χ0n) is 20.1. The summed E-state index contributed by atoms with van der Waals surface area (Å²) in [5.41, 5.74) is 5.93. The van der Waals surface area contributed by atoms with Gasteiger partial charge in [-0.1, -0.05) is 37.3 Å². The zero-order chi connectivity index (χ0) is 23.8. The van der Waals surface area contributed by atoms with Crippen LogP contribution in [0.25, 0.3) is 5.69 Å². The molecule has 1 unspecified atom stereocenters. The monoisotopic (exact) mass is 446 g/mol. The highest BCUT2D eigenvalue weighted by molar-refractivity contribution is 5.94. The maximum Gasteiger partial charge on any atom is 0.251 e. The molecule has 0 saturated heterocycles. The van der Waals surface area contributed by atoms with Gasteiger partial charge in [0.15, 0.2) is 5.96 Å². The number of aryl methyl sites for hydroxylation is 2. The molecule has 2 aromatic carbocycles. The molecule has 0 aliphatic carbocycles. The first-order valence-electron chi connectivity index (χ1n) is 11.4. The molecule has 7 nitrogen and oxygen atoms in total. The highest BCUT2D eigenvalue weighted by Gasteiger charge is 2.11. The minimum atomic E-state index is -0.0468. The average molecular weight is 447 g/mol. The number of guanidine groups is 1. The van der Waals surface area contributed by atoms with Gasteiger partial charge >= 0.3 is 0 Å². The normalized spacial score (nSPS) is 12.3. The van der Waals surface area contributed by atoms with E-state index in [-0.39, 0.29) is 11.9 Å². The van der Waals surface area contributed by atoms with Crippen molar-refractivity contribution in [1.82, 2.24) is 25.7 Å². The van der Waals surface area contributed by atoms with Crippen LogP contribution < -0.4 is 16.0 Å². The summed E-state index contributed by atoms with van der Waals surface area (Å²) in [6, 6.07) is 18.1. The van der Waals surface area contributed by atoms with Gasteiger partial charge in [-0.15, -0.1) is 0 Å². The quantitative estimate of drug-likeness (QED) is 0.362. The second kappa shape index (κ2) is 11.3. The second-order valence-electron chi connectivity index (χ2n) is 8.23. The van der Waals surface area contributed by atoms with Gasteiger partial charge in [0.05, 0.1) is 11.4 Å². The minimum absolute atomic E-state index is 0.0468. The number of aliphatic imine (C=N–C) groups is 1. The first-order chi connectivity index (χ1) is 15.9. The number of carbonyl (C=O) groups is 1. The first kappa shape index (κ1) is 24.0. The van der Waals surface area contributed by atoms with E-state index in [2.05, 4.69) is 58.1 Å². The number of hydrogen-bond acceptors (Lipinski definition) is 3. The van der Waals surface area contributed by atoms with Gasteiger partial charge in [0.25, 0.3) is 5.91 Å². The lowest BCUT2D eigenvalue weighted by molar-refractivity contribution is 0.0939. The Labute approximate surface area is 196 Å². The third-order valence-corrected chi connectivity index (χ3v) is 5.54. The van der Waals surface area contributed by atoms with Crippen molar-refractivity contribution in [2.75, 3.05) is 7.05 Å². The molecule has 3 rings (SSSR count). The summed E-state index contributed by atoms with van der Waals surface area (Å²) in [7, 11) is 1.75. The van der Waals surface area contributed by atoms with Crippen molar-refractivity contribution < 1.29 is 4.79 Å². The van der Waals surface area contributed by atoms with Crippen molar-refractivity contribution in [3.63, 3.8) is 0 Å². The molecule has 0 radical (unpaired) electrons. The summed E-state index contributed by atoms with van der Waals surface area (Å²) in [6.45, 7) is 9.28. The molecule has 3 aromatic rings.